The molecule has 3 aliphatic rings. The normalized spacial score (nSPS) is 39.8. The number of aliphatic hydroxyl groups is 2. The molecule has 2 heteroatoms. The topological polar surface area (TPSA) is 40.5 Å². The fraction of sp³-hybridized carbons (Fsp3) is 0.714. The molecule has 0 spiro atoms. The molecule has 2 nitrogen and oxygen atoms in total. The van der Waals surface area contributed by atoms with Crippen LogP contribution in [0.15, 0.2) is 47.6 Å². The molecule has 0 aromatic rings. The number of allylic oxidation sites excluding steroid dienone is 5. The standard InChI is InChI=1S/C28H44O2/c1-18(2)19(3)9-10-20(4)25-13-14-26-22(8-7-15-28(25,26)6)11-12-23-16-24(29)17-27(30)21(23)5/h9-12,18-20,24-27,29-30H,5,7-8,13-17H2,1-4,6H3/b10-9+,22-11?,23-12?/t19-,20+,24+,25+,26?,27+,28+/m0/s1. The Hall–Kier alpha value is -1.12. The van der Waals surface area contributed by atoms with Crippen LogP contribution in [0.4, 0.5) is 0 Å². The van der Waals surface area contributed by atoms with Crippen LogP contribution >= 0.6 is 0 Å². The van der Waals surface area contributed by atoms with E-state index in [2.05, 4.69) is 65.5 Å². The summed E-state index contributed by atoms with van der Waals surface area (Å²) in [5.74, 6) is 3.38. The number of hydrogen-bond acceptors (Lipinski definition) is 2. The predicted molar refractivity (Wildman–Crippen MR) is 127 cm³/mol. The minimum absolute atomic E-state index is 0.385. The van der Waals surface area contributed by atoms with E-state index in [1.807, 2.05) is 0 Å². The lowest BCUT2D eigenvalue weighted by Crippen LogP contribution is -2.35. The Balaban J connectivity index is 1.76. The first-order chi connectivity index (χ1) is 14.1. The highest BCUT2D eigenvalue weighted by atomic mass is 16.3. The maximum Gasteiger partial charge on any atom is 0.0811 e. The molecule has 1 unspecified atom stereocenters. The van der Waals surface area contributed by atoms with Gasteiger partial charge in [-0.15, -0.1) is 0 Å². The molecule has 0 bridgehead atoms. The first-order valence-electron chi connectivity index (χ1n) is 12.3. The summed E-state index contributed by atoms with van der Waals surface area (Å²) in [6, 6.07) is 0. The predicted octanol–water partition coefficient (Wildman–Crippen LogP) is 6.61. The van der Waals surface area contributed by atoms with Gasteiger partial charge in [0, 0.05) is 6.42 Å². The van der Waals surface area contributed by atoms with E-state index < -0.39 is 12.2 Å². The average molecular weight is 413 g/mol. The Morgan fingerprint density at radius 1 is 1.07 bits per heavy atom. The first kappa shape index (κ1) is 23.5. The second-order valence-corrected chi connectivity index (χ2v) is 11.0. The second kappa shape index (κ2) is 9.57. The number of rotatable bonds is 5. The van der Waals surface area contributed by atoms with Crippen LogP contribution in [-0.4, -0.2) is 22.4 Å². The van der Waals surface area contributed by atoms with Gasteiger partial charge in [0.2, 0.25) is 0 Å². The van der Waals surface area contributed by atoms with Gasteiger partial charge in [-0.2, -0.15) is 0 Å². The Morgan fingerprint density at radius 3 is 2.50 bits per heavy atom. The summed E-state index contributed by atoms with van der Waals surface area (Å²) in [6.45, 7) is 16.0. The maximum absolute atomic E-state index is 10.1. The molecule has 0 aliphatic heterocycles. The second-order valence-electron chi connectivity index (χ2n) is 11.0. The molecular formula is C28H44O2. The number of fused-ring (bicyclic) bond motifs is 1. The van der Waals surface area contributed by atoms with Crippen molar-refractivity contribution >= 4 is 0 Å². The summed E-state index contributed by atoms with van der Waals surface area (Å²) >= 11 is 0. The lowest BCUT2D eigenvalue weighted by Gasteiger charge is -2.44. The quantitative estimate of drug-likeness (QED) is 0.499. The summed E-state index contributed by atoms with van der Waals surface area (Å²) in [7, 11) is 0. The fourth-order valence-corrected chi connectivity index (χ4v) is 6.32. The zero-order valence-corrected chi connectivity index (χ0v) is 19.9. The van der Waals surface area contributed by atoms with Crippen molar-refractivity contribution in [3.63, 3.8) is 0 Å². The van der Waals surface area contributed by atoms with Gasteiger partial charge in [0.15, 0.2) is 0 Å². The van der Waals surface area contributed by atoms with Crippen LogP contribution in [0.1, 0.15) is 79.6 Å². The van der Waals surface area contributed by atoms with Crippen molar-refractivity contribution in [1.82, 2.24) is 0 Å². The Kier molecular flexibility index (Phi) is 7.51. The minimum Gasteiger partial charge on any atom is -0.393 e. The van der Waals surface area contributed by atoms with Gasteiger partial charge in [0.25, 0.3) is 0 Å². The highest BCUT2D eigenvalue weighted by Crippen LogP contribution is 2.59. The Bertz CT molecular complexity index is 712. The third-order valence-corrected chi connectivity index (χ3v) is 8.71. The van der Waals surface area contributed by atoms with Crippen molar-refractivity contribution in [2.75, 3.05) is 0 Å². The maximum atomic E-state index is 10.1. The van der Waals surface area contributed by atoms with Crippen LogP contribution in [0.3, 0.4) is 0 Å². The third-order valence-electron chi connectivity index (χ3n) is 8.71. The molecular weight excluding hydrogens is 368 g/mol. The monoisotopic (exact) mass is 412 g/mol. The number of hydrogen-bond donors (Lipinski definition) is 2. The summed E-state index contributed by atoms with van der Waals surface area (Å²) < 4.78 is 0. The van der Waals surface area contributed by atoms with E-state index in [0.29, 0.717) is 41.9 Å². The van der Waals surface area contributed by atoms with E-state index in [1.165, 1.54) is 32.1 Å². The molecule has 3 fully saturated rings. The third kappa shape index (κ3) is 4.86. The van der Waals surface area contributed by atoms with Crippen LogP contribution < -0.4 is 0 Å². The van der Waals surface area contributed by atoms with E-state index in [4.69, 9.17) is 0 Å². The van der Waals surface area contributed by atoms with Crippen molar-refractivity contribution in [3.8, 4) is 0 Å². The molecule has 0 aromatic heterocycles. The lowest BCUT2D eigenvalue weighted by atomic mass is 9.61. The molecule has 30 heavy (non-hydrogen) atoms. The van der Waals surface area contributed by atoms with Gasteiger partial charge >= 0.3 is 0 Å². The van der Waals surface area contributed by atoms with Crippen molar-refractivity contribution in [2.24, 2.45) is 35.0 Å². The van der Waals surface area contributed by atoms with E-state index in [1.54, 1.807) is 5.57 Å². The van der Waals surface area contributed by atoms with Crippen LogP contribution in [0, 0.1) is 35.0 Å². The van der Waals surface area contributed by atoms with E-state index >= 15 is 0 Å². The van der Waals surface area contributed by atoms with Gasteiger partial charge in [0.1, 0.15) is 0 Å². The molecule has 0 radical (unpaired) electrons. The molecule has 0 aromatic carbocycles. The molecule has 0 heterocycles. The molecule has 0 amide bonds. The molecule has 3 aliphatic carbocycles. The largest absolute Gasteiger partial charge is 0.393 e. The molecule has 168 valence electrons. The van der Waals surface area contributed by atoms with Gasteiger partial charge in [-0.25, -0.2) is 0 Å². The fourth-order valence-electron chi connectivity index (χ4n) is 6.32. The van der Waals surface area contributed by atoms with Crippen molar-refractivity contribution in [2.45, 2.75) is 91.8 Å². The van der Waals surface area contributed by atoms with E-state index in [0.717, 1.165) is 17.1 Å². The van der Waals surface area contributed by atoms with Crippen LogP contribution in [-0.2, 0) is 0 Å². The summed E-state index contributed by atoms with van der Waals surface area (Å²) in [4.78, 5) is 0. The average Bonchev–Trinajstić information content (AvgIpc) is 3.04. The van der Waals surface area contributed by atoms with Crippen molar-refractivity contribution in [1.29, 1.82) is 0 Å². The van der Waals surface area contributed by atoms with Crippen LogP contribution in [0.2, 0.25) is 0 Å². The van der Waals surface area contributed by atoms with Gasteiger partial charge in [0.05, 0.1) is 12.2 Å². The SMILES string of the molecule is C=C1C(=CC=C2CCC[C@@]3(C)C2CC[C@@H]3[C@H](C)/C=C/[C@H](C)C(C)C)C[C@@H](O)C[C@H]1O. The lowest BCUT2D eigenvalue weighted by molar-refractivity contribution is 0.0862. The Morgan fingerprint density at radius 2 is 1.80 bits per heavy atom. The van der Waals surface area contributed by atoms with Gasteiger partial charge in [-0.05, 0) is 84.7 Å². The van der Waals surface area contributed by atoms with Crippen molar-refractivity contribution < 1.29 is 10.2 Å². The summed E-state index contributed by atoms with van der Waals surface area (Å²) in [5.41, 5.74) is 3.77. The molecule has 3 rings (SSSR count). The Labute approximate surface area is 184 Å². The van der Waals surface area contributed by atoms with E-state index in [-0.39, 0.29) is 0 Å². The zero-order valence-electron chi connectivity index (χ0n) is 19.9. The number of aliphatic hydroxyl groups excluding tert-OH is 2. The molecule has 0 saturated heterocycles. The zero-order chi connectivity index (χ0) is 22.1. The van der Waals surface area contributed by atoms with Gasteiger partial charge in [-0.1, -0.05) is 71.1 Å². The summed E-state index contributed by atoms with van der Waals surface area (Å²) in [5, 5.41) is 20.2. The molecule has 2 N–H and O–H groups in total. The smallest absolute Gasteiger partial charge is 0.0811 e. The minimum atomic E-state index is -0.605. The summed E-state index contributed by atoms with van der Waals surface area (Å²) in [6.07, 6.45) is 15.8. The first-order valence-corrected chi connectivity index (χ1v) is 12.3. The van der Waals surface area contributed by atoms with Crippen LogP contribution in [0.5, 0.6) is 0 Å². The van der Waals surface area contributed by atoms with Crippen LogP contribution in [0.25, 0.3) is 0 Å². The molecule has 7 atom stereocenters. The molecule has 3 saturated carbocycles. The van der Waals surface area contributed by atoms with Gasteiger partial charge < -0.3 is 10.2 Å². The highest BCUT2D eigenvalue weighted by molar-refractivity contribution is 5.38. The van der Waals surface area contributed by atoms with Gasteiger partial charge in [-0.3, -0.25) is 0 Å². The highest BCUT2D eigenvalue weighted by Gasteiger charge is 2.50. The van der Waals surface area contributed by atoms with E-state index in [9.17, 15) is 10.2 Å². The van der Waals surface area contributed by atoms with Crippen molar-refractivity contribution in [3.05, 3.63) is 47.6 Å².